The fourth-order valence-corrected chi connectivity index (χ4v) is 3.28. The molecule has 5 heteroatoms. The lowest BCUT2D eigenvalue weighted by Crippen LogP contribution is -2.24. The van der Waals surface area contributed by atoms with E-state index in [2.05, 4.69) is 49.9 Å². The molecule has 1 N–H and O–H groups in total. The second-order valence-corrected chi connectivity index (χ2v) is 6.79. The maximum atomic E-state index is 13.9. The normalized spacial score (nSPS) is 12.4. The molecule has 1 nitrogen and oxygen atoms in total. The van der Waals surface area contributed by atoms with Crippen molar-refractivity contribution < 1.29 is 8.78 Å². The van der Waals surface area contributed by atoms with Gasteiger partial charge in [-0.15, -0.1) is 0 Å². The Labute approximate surface area is 145 Å². The number of halogens is 4. The van der Waals surface area contributed by atoms with Gasteiger partial charge in [-0.2, -0.15) is 0 Å². The average Bonchev–Trinajstić information content (AvgIpc) is 2.46. The standard InChI is InChI=1S/C16H15BrF2IN/c1-2-21-15(12-9-11(20)6-7-13(12)17)8-10-4-3-5-14(18)16(10)19/h3-7,9,15,21H,2,8H2,1H3. The summed E-state index contributed by atoms with van der Waals surface area (Å²) in [7, 11) is 0. The van der Waals surface area contributed by atoms with Gasteiger partial charge in [0, 0.05) is 14.1 Å². The van der Waals surface area contributed by atoms with Crippen LogP contribution >= 0.6 is 38.5 Å². The second kappa shape index (κ2) is 7.65. The molecule has 2 aromatic rings. The van der Waals surface area contributed by atoms with Gasteiger partial charge in [0.1, 0.15) is 0 Å². The summed E-state index contributed by atoms with van der Waals surface area (Å²) in [5, 5.41) is 3.34. The van der Waals surface area contributed by atoms with E-state index in [0.717, 1.165) is 26.2 Å². The summed E-state index contributed by atoms with van der Waals surface area (Å²) in [5.74, 6) is -1.56. The van der Waals surface area contributed by atoms with Crippen LogP contribution in [0.5, 0.6) is 0 Å². The Morgan fingerprint density at radius 3 is 2.71 bits per heavy atom. The molecule has 0 radical (unpaired) electrons. The minimum absolute atomic E-state index is 0.0737. The molecule has 21 heavy (non-hydrogen) atoms. The lowest BCUT2D eigenvalue weighted by atomic mass is 9.98. The highest BCUT2D eigenvalue weighted by molar-refractivity contribution is 14.1. The van der Waals surface area contributed by atoms with Crippen LogP contribution in [0.1, 0.15) is 24.1 Å². The van der Waals surface area contributed by atoms with Crippen molar-refractivity contribution in [2.75, 3.05) is 6.54 Å². The molecule has 0 heterocycles. The molecule has 1 unspecified atom stereocenters. The monoisotopic (exact) mass is 465 g/mol. The van der Waals surface area contributed by atoms with Crippen LogP contribution in [0, 0.1) is 15.2 Å². The topological polar surface area (TPSA) is 12.0 Å². The van der Waals surface area contributed by atoms with Gasteiger partial charge < -0.3 is 5.32 Å². The first-order valence-corrected chi connectivity index (χ1v) is 8.51. The minimum Gasteiger partial charge on any atom is -0.310 e. The van der Waals surface area contributed by atoms with Gasteiger partial charge in [0.05, 0.1) is 0 Å². The van der Waals surface area contributed by atoms with Crippen LogP contribution in [-0.4, -0.2) is 6.54 Å². The Hall–Kier alpha value is -0.530. The molecule has 0 aromatic heterocycles. The molecule has 0 amide bonds. The number of hydrogen-bond acceptors (Lipinski definition) is 1. The Morgan fingerprint density at radius 2 is 2.00 bits per heavy atom. The third-order valence-electron chi connectivity index (χ3n) is 3.24. The molecule has 1 atom stereocenters. The zero-order valence-electron chi connectivity index (χ0n) is 11.5. The van der Waals surface area contributed by atoms with Gasteiger partial charge in [0.2, 0.25) is 0 Å². The van der Waals surface area contributed by atoms with Gasteiger partial charge in [-0.1, -0.05) is 35.0 Å². The molecule has 112 valence electrons. The molecule has 2 aromatic carbocycles. The summed E-state index contributed by atoms with van der Waals surface area (Å²) in [6.45, 7) is 2.75. The molecule has 0 bridgehead atoms. The molecule has 0 spiro atoms. The zero-order valence-corrected chi connectivity index (χ0v) is 15.2. The van der Waals surface area contributed by atoms with E-state index in [1.54, 1.807) is 12.1 Å². The summed E-state index contributed by atoms with van der Waals surface area (Å²) in [4.78, 5) is 0. The highest BCUT2D eigenvalue weighted by Crippen LogP contribution is 2.29. The summed E-state index contributed by atoms with van der Waals surface area (Å²) in [5.41, 5.74) is 1.43. The van der Waals surface area contributed by atoms with Crippen molar-refractivity contribution in [1.29, 1.82) is 0 Å². The van der Waals surface area contributed by atoms with E-state index in [1.807, 2.05) is 19.1 Å². The highest BCUT2D eigenvalue weighted by Gasteiger charge is 2.18. The summed E-state index contributed by atoms with van der Waals surface area (Å²) in [6, 6.07) is 10.3. The van der Waals surface area contributed by atoms with E-state index in [9.17, 15) is 8.78 Å². The lowest BCUT2D eigenvalue weighted by Gasteiger charge is -2.20. The molecule has 0 aliphatic heterocycles. The van der Waals surface area contributed by atoms with Gasteiger partial charge in [-0.25, -0.2) is 8.78 Å². The van der Waals surface area contributed by atoms with Crippen LogP contribution in [0.25, 0.3) is 0 Å². The summed E-state index contributed by atoms with van der Waals surface area (Å²) >= 11 is 5.78. The van der Waals surface area contributed by atoms with E-state index in [0.29, 0.717) is 12.0 Å². The SMILES string of the molecule is CCNC(Cc1cccc(F)c1F)c1cc(I)ccc1Br. The van der Waals surface area contributed by atoms with Gasteiger partial charge in [0.25, 0.3) is 0 Å². The fourth-order valence-electron chi connectivity index (χ4n) is 2.25. The molecule has 2 rings (SSSR count). The zero-order chi connectivity index (χ0) is 15.4. The number of nitrogens with one attached hydrogen (secondary N) is 1. The first-order chi connectivity index (χ1) is 10.0. The van der Waals surface area contributed by atoms with Crippen molar-refractivity contribution >= 4 is 38.5 Å². The highest BCUT2D eigenvalue weighted by atomic mass is 127. The largest absolute Gasteiger partial charge is 0.310 e. The molecule has 0 saturated heterocycles. The predicted octanol–water partition coefficient (Wildman–Crippen LogP) is 5.23. The van der Waals surface area contributed by atoms with Crippen molar-refractivity contribution in [1.82, 2.24) is 5.32 Å². The van der Waals surface area contributed by atoms with Crippen molar-refractivity contribution in [3.63, 3.8) is 0 Å². The number of rotatable bonds is 5. The number of benzene rings is 2. The van der Waals surface area contributed by atoms with E-state index < -0.39 is 11.6 Å². The van der Waals surface area contributed by atoms with Gasteiger partial charge >= 0.3 is 0 Å². The minimum atomic E-state index is -0.801. The Kier molecular flexibility index (Phi) is 6.13. The Balaban J connectivity index is 2.35. The second-order valence-electron chi connectivity index (χ2n) is 4.69. The van der Waals surface area contributed by atoms with Crippen molar-refractivity contribution in [2.45, 2.75) is 19.4 Å². The molecular weight excluding hydrogens is 451 g/mol. The van der Waals surface area contributed by atoms with E-state index in [-0.39, 0.29) is 6.04 Å². The average molecular weight is 466 g/mol. The summed E-state index contributed by atoms with van der Waals surface area (Å²) < 4.78 is 29.3. The predicted molar refractivity (Wildman–Crippen MR) is 93.3 cm³/mol. The van der Waals surface area contributed by atoms with Crippen LogP contribution in [0.4, 0.5) is 8.78 Å². The first kappa shape index (κ1) is 16.8. The van der Waals surface area contributed by atoms with Crippen LogP contribution in [0.3, 0.4) is 0 Å². The van der Waals surface area contributed by atoms with E-state index in [1.165, 1.54) is 0 Å². The summed E-state index contributed by atoms with van der Waals surface area (Å²) in [6.07, 6.45) is 0.399. The van der Waals surface area contributed by atoms with Crippen molar-refractivity contribution in [3.8, 4) is 0 Å². The van der Waals surface area contributed by atoms with Crippen molar-refractivity contribution in [3.05, 3.63) is 67.2 Å². The third-order valence-corrected chi connectivity index (χ3v) is 4.63. The smallest absolute Gasteiger partial charge is 0.162 e. The maximum Gasteiger partial charge on any atom is 0.162 e. The third kappa shape index (κ3) is 4.23. The Morgan fingerprint density at radius 1 is 1.24 bits per heavy atom. The van der Waals surface area contributed by atoms with Crippen LogP contribution in [0.15, 0.2) is 40.9 Å². The van der Waals surface area contributed by atoms with Gasteiger partial charge in [-0.05, 0) is 70.9 Å². The van der Waals surface area contributed by atoms with E-state index in [4.69, 9.17) is 0 Å². The number of likely N-dealkylation sites (N-methyl/N-ethyl adjacent to an activating group) is 1. The number of hydrogen-bond donors (Lipinski definition) is 1. The maximum absolute atomic E-state index is 13.9. The first-order valence-electron chi connectivity index (χ1n) is 6.64. The van der Waals surface area contributed by atoms with Crippen LogP contribution < -0.4 is 5.32 Å². The fraction of sp³-hybridized carbons (Fsp3) is 0.250. The van der Waals surface area contributed by atoms with Crippen molar-refractivity contribution in [2.24, 2.45) is 0 Å². The lowest BCUT2D eigenvalue weighted by molar-refractivity contribution is 0.480. The quantitative estimate of drug-likeness (QED) is 0.596. The Bertz CT molecular complexity index is 634. The molecule has 0 saturated carbocycles. The molecular formula is C16H15BrF2IN. The van der Waals surface area contributed by atoms with Gasteiger partial charge in [-0.3, -0.25) is 0 Å². The van der Waals surface area contributed by atoms with Crippen LogP contribution in [-0.2, 0) is 6.42 Å². The van der Waals surface area contributed by atoms with E-state index >= 15 is 0 Å². The molecule has 0 aliphatic rings. The molecule has 0 aliphatic carbocycles. The molecule has 0 fully saturated rings. The van der Waals surface area contributed by atoms with Gasteiger partial charge in [0.15, 0.2) is 11.6 Å². The van der Waals surface area contributed by atoms with Crippen LogP contribution in [0.2, 0.25) is 0 Å².